The van der Waals surface area contributed by atoms with E-state index in [1.807, 2.05) is 0 Å². The van der Waals surface area contributed by atoms with E-state index in [1.54, 1.807) is 0 Å². The molecule has 2 saturated carbocycles. The van der Waals surface area contributed by atoms with E-state index in [0.29, 0.717) is 5.41 Å². The zero-order chi connectivity index (χ0) is 9.69. The van der Waals surface area contributed by atoms with E-state index >= 15 is 0 Å². The fraction of sp³-hybridized carbons (Fsp3) is 1.00. The van der Waals surface area contributed by atoms with Gasteiger partial charge < -0.3 is 9.84 Å². The Morgan fingerprint density at radius 1 is 1.38 bits per heavy atom. The van der Waals surface area contributed by atoms with E-state index < -0.39 is 0 Å². The van der Waals surface area contributed by atoms with Crippen molar-refractivity contribution in [2.45, 2.75) is 46.1 Å². The molecular weight excluding hydrogens is 164 g/mol. The maximum atomic E-state index is 8.88. The van der Waals surface area contributed by atoms with E-state index in [0.717, 1.165) is 5.92 Å². The minimum absolute atomic E-state index is 0.129. The SMILES string of the molecule is CC12CCC(C1)C(C)(C)C2OCO. The molecule has 0 spiro atoms. The summed E-state index contributed by atoms with van der Waals surface area (Å²) in [6.07, 6.45) is 4.15. The van der Waals surface area contributed by atoms with Gasteiger partial charge in [-0.1, -0.05) is 20.8 Å². The molecule has 13 heavy (non-hydrogen) atoms. The Bertz CT molecular complexity index is 207. The van der Waals surface area contributed by atoms with Crippen LogP contribution in [0.15, 0.2) is 0 Å². The van der Waals surface area contributed by atoms with Gasteiger partial charge in [-0.2, -0.15) is 0 Å². The lowest BCUT2D eigenvalue weighted by molar-refractivity contribution is -0.139. The molecule has 2 bridgehead atoms. The number of ether oxygens (including phenoxy) is 1. The highest BCUT2D eigenvalue weighted by Crippen LogP contribution is 2.63. The minimum atomic E-state index is -0.129. The van der Waals surface area contributed by atoms with Gasteiger partial charge in [0.25, 0.3) is 0 Å². The summed E-state index contributed by atoms with van der Waals surface area (Å²) >= 11 is 0. The first-order valence-electron chi connectivity index (χ1n) is 5.23. The third kappa shape index (κ3) is 1.15. The predicted molar refractivity (Wildman–Crippen MR) is 51.2 cm³/mol. The van der Waals surface area contributed by atoms with E-state index in [4.69, 9.17) is 9.84 Å². The van der Waals surface area contributed by atoms with Crippen LogP contribution in [0.4, 0.5) is 0 Å². The third-order valence-electron chi connectivity index (χ3n) is 4.38. The Kier molecular flexibility index (Phi) is 1.97. The third-order valence-corrected chi connectivity index (χ3v) is 4.38. The van der Waals surface area contributed by atoms with Gasteiger partial charge in [0.05, 0.1) is 6.10 Å². The summed E-state index contributed by atoms with van der Waals surface area (Å²) in [7, 11) is 0. The van der Waals surface area contributed by atoms with Crippen molar-refractivity contribution in [3.63, 3.8) is 0 Å². The van der Waals surface area contributed by atoms with Crippen molar-refractivity contribution in [2.75, 3.05) is 6.79 Å². The minimum Gasteiger partial charge on any atom is -0.371 e. The largest absolute Gasteiger partial charge is 0.371 e. The molecule has 76 valence electrons. The van der Waals surface area contributed by atoms with Crippen molar-refractivity contribution in [1.29, 1.82) is 0 Å². The van der Waals surface area contributed by atoms with Gasteiger partial charge in [0.15, 0.2) is 0 Å². The normalized spacial score (nSPS) is 47.1. The summed E-state index contributed by atoms with van der Waals surface area (Å²) in [6.45, 7) is 6.74. The fourth-order valence-corrected chi connectivity index (χ4v) is 3.75. The number of hydrogen-bond acceptors (Lipinski definition) is 2. The molecule has 2 aliphatic rings. The summed E-state index contributed by atoms with van der Waals surface area (Å²) in [4.78, 5) is 0. The highest BCUT2D eigenvalue weighted by molar-refractivity contribution is 5.09. The molecule has 2 fully saturated rings. The molecule has 0 radical (unpaired) electrons. The van der Waals surface area contributed by atoms with Crippen LogP contribution in [0.5, 0.6) is 0 Å². The zero-order valence-corrected chi connectivity index (χ0v) is 8.84. The quantitative estimate of drug-likeness (QED) is 0.666. The fourth-order valence-electron chi connectivity index (χ4n) is 3.75. The molecule has 0 aromatic carbocycles. The first kappa shape index (κ1) is 9.47. The van der Waals surface area contributed by atoms with Crippen molar-refractivity contribution >= 4 is 0 Å². The molecule has 0 saturated heterocycles. The van der Waals surface area contributed by atoms with E-state index in [-0.39, 0.29) is 18.3 Å². The van der Waals surface area contributed by atoms with E-state index in [9.17, 15) is 0 Å². The average molecular weight is 184 g/mol. The Morgan fingerprint density at radius 2 is 2.08 bits per heavy atom. The van der Waals surface area contributed by atoms with Crippen molar-refractivity contribution < 1.29 is 9.84 Å². The monoisotopic (exact) mass is 184 g/mol. The summed E-state index contributed by atoms with van der Waals surface area (Å²) in [6, 6.07) is 0. The number of aliphatic hydroxyl groups is 1. The molecule has 0 aliphatic heterocycles. The lowest BCUT2D eigenvalue weighted by atomic mass is 9.70. The van der Waals surface area contributed by atoms with Crippen LogP contribution in [0.3, 0.4) is 0 Å². The van der Waals surface area contributed by atoms with Crippen LogP contribution in [-0.4, -0.2) is 18.0 Å². The van der Waals surface area contributed by atoms with Gasteiger partial charge in [-0.3, -0.25) is 0 Å². The highest BCUT2D eigenvalue weighted by atomic mass is 16.6. The van der Waals surface area contributed by atoms with Gasteiger partial charge in [-0.15, -0.1) is 0 Å². The Balaban J connectivity index is 2.23. The molecule has 2 heteroatoms. The topological polar surface area (TPSA) is 29.5 Å². The van der Waals surface area contributed by atoms with Crippen LogP contribution in [-0.2, 0) is 4.74 Å². The second kappa shape index (κ2) is 2.71. The molecular formula is C11H20O2. The second-order valence-corrected chi connectivity index (χ2v) is 5.59. The number of rotatable bonds is 2. The lowest BCUT2D eigenvalue weighted by Gasteiger charge is -2.41. The van der Waals surface area contributed by atoms with Gasteiger partial charge in [0.2, 0.25) is 0 Å². The molecule has 2 aliphatic carbocycles. The summed E-state index contributed by atoms with van der Waals surface area (Å²) in [5.74, 6) is 0.800. The van der Waals surface area contributed by atoms with Crippen molar-refractivity contribution in [2.24, 2.45) is 16.7 Å². The van der Waals surface area contributed by atoms with Crippen LogP contribution < -0.4 is 0 Å². The van der Waals surface area contributed by atoms with Crippen LogP contribution >= 0.6 is 0 Å². The van der Waals surface area contributed by atoms with Gasteiger partial charge in [-0.05, 0) is 36.0 Å². The number of aliphatic hydroxyl groups excluding tert-OH is 1. The van der Waals surface area contributed by atoms with Gasteiger partial charge in [0, 0.05) is 0 Å². The molecule has 1 N–H and O–H groups in total. The predicted octanol–water partition coefficient (Wildman–Crippen LogP) is 2.17. The molecule has 3 unspecified atom stereocenters. The zero-order valence-electron chi connectivity index (χ0n) is 8.84. The maximum absolute atomic E-state index is 8.88. The molecule has 0 aromatic heterocycles. The van der Waals surface area contributed by atoms with E-state index in [2.05, 4.69) is 20.8 Å². The maximum Gasteiger partial charge on any atom is 0.143 e. The van der Waals surface area contributed by atoms with Gasteiger partial charge in [-0.25, -0.2) is 0 Å². The molecule has 2 rings (SSSR count). The van der Waals surface area contributed by atoms with Crippen molar-refractivity contribution in [3.8, 4) is 0 Å². The number of fused-ring (bicyclic) bond motifs is 2. The molecule has 0 amide bonds. The van der Waals surface area contributed by atoms with Crippen LogP contribution in [0.25, 0.3) is 0 Å². The summed E-state index contributed by atoms with van der Waals surface area (Å²) < 4.78 is 5.51. The van der Waals surface area contributed by atoms with E-state index in [1.165, 1.54) is 19.3 Å². The van der Waals surface area contributed by atoms with Gasteiger partial charge >= 0.3 is 0 Å². The smallest absolute Gasteiger partial charge is 0.143 e. The lowest BCUT2D eigenvalue weighted by Crippen LogP contribution is -2.42. The molecule has 2 nitrogen and oxygen atoms in total. The Hall–Kier alpha value is -0.0800. The van der Waals surface area contributed by atoms with Crippen molar-refractivity contribution in [3.05, 3.63) is 0 Å². The standard InChI is InChI=1S/C11H20O2/c1-10(2)8-4-5-11(3,6-8)9(10)13-7-12/h8-9,12H,4-7H2,1-3H3. The average Bonchev–Trinajstić information content (AvgIpc) is 2.50. The Morgan fingerprint density at radius 3 is 2.54 bits per heavy atom. The first-order valence-corrected chi connectivity index (χ1v) is 5.23. The van der Waals surface area contributed by atoms with Crippen molar-refractivity contribution in [1.82, 2.24) is 0 Å². The van der Waals surface area contributed by atoms with Crippen LogP contribution in [0.1, 0.15) is 40.0 Å². The molecule has 0 heterocycles. The van der Waals surface area contributed by atoms with Gasteiger partial charge in [0.1, 0.15) is 6.79 Å². The molecule has 3 atom stereocenters. The highest BCUT2D eigenvalue weighted by Gasteiger charge is 2.59. The second-order valence-electron chi connectivity index (χ2n) is 5.59. The van der Waals surface area contributed by atoms with Crippen LogP contribution in [0, 0.1) is 16.7 Å². The molecule has 0 aromatic rings. The first-order chi connectivity index (χ1) is 6.00. The van der Waals surface area contributed by atoms with Crippen LogP contribution in [0.2, 0.25) is 0 Å². The Labute approximate surface area is 80.3 Å². The summed E-state index contributed by atoms with van der Waals surface area (Å²) in [5.41, 5.74) is 0.590. The summed E-state index contributed by atoms with van der Waals surface area (Å²) in [5, 5.41) is 8.88. The number of hydrogen-bond donors (Lipinski definition) is 1.